The number of carbonyl (C=O) groups is 1. The molecule has 3 rings (SSSR count). The number of aliphatic imine (C=N–C) groups is 1. The van der Waals surface area contributed by atoms with Gasteiger partial charge in [0.05, 0.1) is 18.2 Å². The van der Waals surface area contributed by atoms with Crippen molar-refractivity contribution in [2.75, 3.05) is 20.1 Å². The minimum Gasteiger partial charge on any atom is -0.373 e. The Hall–Kier alpha value is -1.35. The van der Waals surface area contributed by atoms with E-state index in [1.54, 1.807) is 7.05 Å². The molecule has 1 amide bonds. The first kappa shape index (κ1) is 20.0. The Balaban J connectivity index is 0.00000225. The maximum atomic E-state index is 11.9. The van der Waals surface area contributed by atoms with E-state index >= 15 is 0 Å². The molecule has 2 aliphatic rings. The third kappa shape index (κ3) is 5.57. The van der Waals surface area contributed by atoms with E-state index < -0.39 is 0 Å². The van der Waals surface area contributed by atoms with E-state index in [1.807, 2.05) is 30.3 Å². The van der Waals surface area contributed by atoms with Crippen LogP contribution in [0.1, 0.15) is 36.0 Å². The largest absolute Gasteiger partial charge is 0.373 e. The summed E-state index contributed by atoms with van der Waals surface area (Å²) in [6.45, 7) is 1.39. The summed E-state index contributed by atoms with van der Waals surface area (Å²) >= 11 is 0. The fourth-order valence-electron chi connectivity index (χ4n) is 3.35. The summed E-state index contributed by atoms with van der Waals surface area (Å²) in [5.41, 5.74) is 0.694. The highest BCUT2D eigenvalue weighted by Crippen LogP contribution is 2.34. The normalized spacial score (nSPS) is 24.5. The Morgan fingerprint density at radius 2 is 1.96 bits per heavy atom. The highest BCUT2D eigenvalue weighted by molar-refractivity contribution is 14.0. The maximum Gasteiger partial charge on any atom is 0.251 e. The first-order valence-corrected chi connectivity index (χ1v) is 8.72. The summed E-state index contributed by atoms with van der Waals surface area (Å²) in [7, 11) is 1.78. The average Bonchev–Trinajstić information content (AvgIpc) is 3.24. The van der Waals surface area contributed by atoms with Crippen LogP contribution in [0.2, 0.25) is 0 Å². The van der Waals surface area contributed by atoms with Crippen molar-refractivity contribution < 1.29 is 9.53 Å². The molecule has 1 aromatic rings. The molecular formula is C18H27IN4O2. The molecule has 0 spiro atoms. The van der Waals surface area contributed by atoms with Crippen LogP contribution < -0.4 is 16.0 Å². The molecule has 25 heavy (non-hydrogen) atoms. The molecule has 7 heteroatoms. The number of guanidine groups is 1. The zero-order chi connectivity index (χ0) is 16.8. The van der Waals surface area contributed by atoms with Crippen molar-refractivity contribution in [2.24, 2.45) is 4.99 Å². The van der Waals surface area contributed by atoms with E-state index in [1.165, 1.54) is 6.42 Å². The number of hydrogen-bond donors (Lipinski definition) is 3. The van der Waals surface area contributed by atoms with Crippen LogP contribution in [0, 0.1) is 0 Å². The van der Waals surface area contributed by atoms with E-state index in [-0.39, 0.29) is 29.9 Å². The highest BCUT2D eigenvalue weighted by atomic mass is 127. The molecular weight excluding hydrogens is 431 g/mol. The van der Waals surface area contributed by atoms with Crippen molar-refractivity contribution in [3.63, 3.8) is 0 Å². The molecule has 0 aromatic heterocycles. The minimum absolute atomic E-state index is 0. The second kappa shape index (κ2) is 9.96. The van der Waals surface area contributed by atoms with Crippen molar-refractivity contribution in [3.05, 3.63) is 35.9 Å². The molecule has 0 saturated carbocycles. The summed E-state index contributed by atoms with van der Waals surface area (Å²) in [6.07, 6.45) is 5.00. The lowest BCUT2D eigenvalue weighted by atomic mass is 9.96. The molecule has 0 aliphatic carbocycles. The number of benzene rings is 1. The van der Waals surface area contributed by atoms with Gasteiger partial charge < -0.3 is 20.7 Å². The van der Waals surface area contributed by atoms with Gasteiger partial charge in [0, 0.05) is 25.7 Å². The number of fused-ring (bicyclic) bond motifs is 2. The molecule has 0 radical (unpaired) electrons. The Morgan fingerprint density at radius 3 is 2.60 bits per heavy atom. The molecule has 2 fully saturated rings. The van der Waals surface area contributed by atoms with Crippen molar-refractivity contribution in [1.29, 1.82) is 0 Å². The van der Waals surface area contributed by atoms with Crippen molar-refractivity contribution in [3.8, 4) is 0 Å². The molecule has 138 valence electrons. The van der Waals surface area contributed by atoms with Crippen LogP contribution in [0.4, 0.5) is 0 Å². The Labute approximate surface area is 166 Å². The van der Waals surface area contributed by atoms with Gasteiger partial charge in [-0.1, -0.05) is 18.2 Å². The van der Waals surface area contributed by atoms with Gasteiger partial charge in [0.15, 0.2) is 5.96 Å². The van der Waals surface area contributed by atoms with E-state index in [0.29, 0.717) is 30.4 Å². The van der Waals surface area contributed by atoms with Crippen LogP contribution in [-0.2, 0) is 4.74 Å². The van der Waals surface area contributed by atoms with Gasteiger partial charge in [-0.05, 0) is 37.8 Å². The summed E-state index contributed by atoms with van der Waals surface area (Å²) < 4.78 is 5.85. The Kier molecular flexibility index (Phi) is 7.95. The fraction of sp³-hybridized carbons (Fsp3) is 0.556. The molecule has 3 unspecified atom stereocenters. The number of ether oxygens (including phenoxy) is 1. The molecule has 2 heterocycles. The molecule has 2 aliphatic heterocycles. The number of amides is 1. The third-order valence-electron chi connectivity index (χ3n) is 4.62. The summed E-state index contributed by atoms with van der Waals surface area (Å²) in [4.78, 5) is 16.2. The smallest absolute Gasteiger partial charge is 0.251 e. The lowest BCUT2D eigenvalue weighted by molar-refractivity contribution is 0.0953. The van der Waals surface area contributed by atoms with Gasteiger partial charge in [-0.2, -0.15) is 0 Å². The van der Waals surface area contributed by atoms with Crippen LogP contribution in [0.3, 0.4) is 0 Å². The third-order valence-corrected chi connectivity index (χ3v) is 4.62. The second-order valence-electron chi connectivity index (χ2n) is 6.33. The predicted octanol–water partition coefficient (Wildman–Crippen LogP) is 1.91. The van der Waals surface area contributed by atoms with E-state index in [2.05, 4.69) is 20.9 Å². The lowest BCUT2D eigenvalue weighted by Crippen LogP contribution is -2.47. The van der Waals surface area contributed by atoms with Crippen LogP contribution >= 0.6 is 24.0 Å². The Morgan fingerprint density at radius 1 is 1.20 bits per heavy atom. The van der Waals surface area contributed by atoms with Gasteiger partial charge in [0.1, 0.15) is 0 Å². The lowest BCUT2D eigenvalue weighted by Gasteiger charge is -2.22. The zero-order valence-electron chi connectivity index (χ0n) is 14.5. The van der Waals surface area contributed by atoms with Gasteiger partial charge in [0.25, 0.3) is 5.91 Å². The number of carbonyl (C=O) groups excluding carboxylic acids is 1. The molecule has 3 N–H and O–H groups in total. The first-order chi connectivity index (χ1) is 11.8. The topological polar surface area (TPSA) is 74.8 Å². The molecule has 2 bridgehead atoms. The number of rotatable bonds is 6. The minimum atomic E-state index is -0.0303. The standard InChI is InChI=1S/C18H26N4O2.HI/c1-19-18(22-15-12-14-8-9-16(15)24-14)21-11-5-10-20-17(23)13-6-3-2-4-7-13;/h2-4,6-7,14-16H,5,8-12H2,1H3,(H,20,23)(H2,19,21,22);1H. The monoisotopic (exact) mass is 458 g/mol. The van der Waals surface area contributed by atoms with Crippen LogP contribution in [0.15, 0.2) is 35.3 Å². The van der Waals surface area contributed by atoms with Crippen LogP contribution in [0.5, 0.6) is 0 Å². The number of halogens is 1. The number of hydrogen-bond acceptors (Lipinski definition) is 3. The highest BCUT2D eigenvalue weighted by Gasteiger charge is 2.41. The van der Waals surface area contributed by atoms with Gasteiger partial charge in [-0.3, -0.25) is 9.79 Å². The first-order valence-electron chi connectivity index (χ1n) is 8.72. The summed E-state index contributed by atoms with van der Waals surface area (Å²) in [6, 6.07) is 9.64. The van der Waals surface area contributed by atoms with Crippen molar-refractivity contribution in [1.82, 2.24) is 16.0 Å². The molecule has 3 atom stereocenters. The quantitative estimate of drug-likeness (QED) is 0.264. The van der Waals surface area contributed by atoms with Crippen molar-refractivity contribution in [2.45, 2.75) is 43.9 Å². The van der Waals surface area contributed by atoms with Gasteiger partial charge in [-0.25, -0.2) is 0 Å². The molecule has 1 aromatic carbocycles. The SMILES string of the molecule is CN=C(NCCCNC(=O)c1ccccc1)NC1CC2CCC1O2.I. The molecule has 2 saturated heterocycles. The maximum absolute atomic E-state index is 11.9. The van der Waals surface area contributed by atoms with Gasteiger partial charge >= 0.3 is 0 Å². The van der Waals surface area contributed by atoms with Gasteiger partial charge in [-0.15, -0.1) is 24.0 Å². The van der Waals surface area contributed by atoms with E-state index in [9.17, 15) is 4.79 Å². The Bertz CT molecular complexity index is 582. The van der Waals surface area contributed by atoms with E-state index in [4.69, 9.17) is 4.74 Å². The van der Waals surface area contributed by atoms with Crippen LogP contribution in [0.25, 0.3) is 0 Å². The number of nitrogens with one attached hydrogen (secondary N) is 3. The fourth-order valence-corrected chi connectivity index (χ4v) is 3.35. The zero-order valence-corrected chi connectivity index (χ0v) is 16.9. The van der Waals surface area contributed by atoms with Gasteiger partial charge in [0.2, 0.25) is 0 Å². The second-order valence-corrected chi connectivity index (χ2v) is 6.33. The predicted molar refractivity (Wildman–Crippen MR) is 110 cm³/mol. The summed E-state index contributed by atoms with van der Waals surface area (Å²) in [5, 5.41) is 9.68. The van der Waals surface area contributed by atoms with Crippen LogP contribution in [-0.4, -0.2) is 50.3 Å². The van der Waals surface area contributed by atoms with E-state index in [0.717, 1.165) is 31.8 Å². The number of nitrogens with zero attached hydrogens (tertiary/aromatic N) is 1. The summed E-state index contributed by atoms with van der Waals surface area (Å²) in [5.74, 6) is 0.780. The molecule has 6 nitrogen and oxygen atoms in total. The average molecular weight is 458 g/mol. The van der Waals surface area contributed by atoms with Crippen molar-refractivity contribution >= 4 is 35.8 Å².